The molecule has 1 N–H and O–H groups in total. The van der Waals surface area contributed by atoms with Crippen molar-refractivity contribution in [3.8, 4) is 6.07 Å². The molecule has 3 heteroatoms. The molecule has 0 bridgehead atoms. The number of nitrogens with zero attached hydrogens (tertiary/aromatic N) is 1. The van der Waals surface area contributed by atoms with Crippen molar-refractivity contribution in [2.24, 2.45) is 0 Å². The summed E-state index contributed by atoms with van der Waals surface area (Å²) in [7, 11) is 0. The molecular weight excluding hydrogens is 156 g/mol. The van der Waals surface area contributed by atoms with E-state index in [4.69, 9.17) is 5.26 Å². The fraction of sp³-hybridized carbons (Fsp3) is 0.875. The summed E-state index contributed by atoms with van der Waals surface area (Å²) in [5.74, 6) is 1.21. The number of hydrogen-bond donors (Lipinski definition) is 1. The lowest BCUT2D eigenvalue weighted by molar-refractivity contribution is 0.546. The third kappa shape index (κ3) is 3.13. The Morgan fingerprint density at radius 1 is 1.73 bits per heavy atom. The van der Waals surface area contributed by atoms with Crippen molar-refractivity contribution >= 4 is 11.8 Å². The van der Waals surface area contributed by atoms with Crippen molar-refractivity contribution in [3.63, 3.8) is 0 Å². The van der Waals surface area contributed by atoms with Gasteiger partial charge in [0.1, 0.15) is 0 Å². The largest absolute Gasteiger partial charge is 0.312 e. The van der Waals surface area contributed by atoms with E-state index in [2.05, 4.69) is 18.3 Å². The van der Waals surface area contributed by atoms with E-state index in [0.29, 0.717) is 12.5 Å². The maximum absolute atomic E-state index is 8.30. The molecule has 0 aliphatic carbocycles. The molecule has 1 aliphatic heterocycles. The normalized spacial score (nSPS) is 30.2. The molecule has 2 atom stereocenters. The molecule has 1 rings (SSSR count). The van der Waals surface area contributed by atoms with Gasteiger partial charge in [-0.2, -0.15) is 17.0 Å². The molecule has 0 aromatic rings. The van der Waals surface area contributed by atoms with Crippen LogP contribution >= 0.6 is 11.8 Å². The molecule has 0 spiro atoms. The van der Waals surface area contributed by atoms with Crippen molar-refractivity contribution in [2.45, 2.75) is 31.1 Å². The maximum atomic E-state index is 8.30. The highest BCUT2D eigenvalue weighted by Gasteiger charge is 2.20. The van der Waals surface area contributed by atoms with E-state index in [0.717, 1.165) is 11.8 Å². The molecule has 62 valence electrons. The number of rotatable bonds is 3. The topological polar surface area (TPSA) is 35.8 Å². The van der Waals surface area contributed by atoms with Crippen molar-refractivity contribution in [1.82, 2.24) is 5.32 Å². The smallest absolute Gasteiger partial charge is 0.0635 e. The van der Waals surface area contributed by atoms with Gasteiger partial charge in [0, 0.05) is 30.0 Å². The van der Waals surface area contributed by atoms with Crippen LogP contribution in [0.25, 0.3) is 0 Å². The Balaban J connectivity index is 2.05. The molecule has 2 unspecified atom stereocenters. The van der Waals surface area contributed by atoms with E-state index in [1.54, 1.807) is 0 Å². The summed E-state index contributed by atoms with van der Waals surface area (Å²) in [6.45, 7) is 3.12. The minimum absolute atomic E-state index is 0.634. The standard InChI is InChI=1S/C8H14N2S/c1-7-5-8(6-11-7)10-4-2-3-9/h7-8,10H,2,4-6H2,1H3. The first kappa shape index (κ1) is 8.89. The second-order valence-corrected chi connectivity index (χ2v) is 4.41. The second kappa shape index (κ2) is 4.63. The van der Waals surface area contributed by atoms with Crippen molar-refractivity contribution in [1.29, 1.82) is 5.26 Å². The van der Waals surface area contributed by atoms with E-state index in [1.165, 1.54) is 12.2 Å². The highest BCUT2D eigenvalue weighted by molar-refractivity contribution is 8.00. The maximum Gasteiger partial charge on any atom is 0.0635 e. The Kier molecular flexibility index (Phi) is 3.74. The van der Waals surface area contributed by atoms with E-state index in [1.807, 2.05) is 11.8 Å². The molecule has 0 aromatic carbocycles. The first-order chi connectivity index (χ1) is 5.33. The van der Waals surface area contributed by atoms with Crippen molar-refractivity contribution in [3.05, 3.63) is 0 Å². The minimum Gasteiger partial charge on any atom is -0.312 e. The Hall–Kier alpha value is -0.200. The molecule has 2 nitrogen and oxygen atoms in total. The van der Waals surface area contributed by atoms with Gasteiger partial charge >= 0.3 is 0 Å². The first-order valence-corrected chi connectivity index (χ1v) is 5.09. The monoisotopic (exact) mass is 170 g/mol. The third-order valence-electron chi connectivity index (χ3n) is 1.87. The lowest BCUT2D eigenvalue weighted by Gasteiger charge is -2.08. The Morgan fingerprint density at radius 2 is 2.55 bits per heavy atom. The quantitative estimate of drug-likeness (QED) is 0.650. The molecule has 0 amide bonds. The summed E-state index contributed by atoms with van der Waals surface area (Å²) in [6, 6.07) is 2.79. The Morgan fingerprint density at radius 3 is 3.09 bits per heavy atom. The zero-order valence-electron chi connectivity index (χ0n) is 6.84. The highest BCUT2D eigenvalue weighted by atomic mass is 32.2. The molecule has 0 saturated carbocycles. The summed E-state index contributed by atoms with van der Waals surface area (Å²) in [6.07, 6.45) is 1.89. The predicted molar refractivity (Wildman–Crippen MR) is 48.6 cm³/mol. The van der Waals surface area contributed by atoms with Crippen LogP contribution in [0.1, 0.15) is 19.8 Å². The minimum atomic E-state index is 0.634. The van der Waals surface area contributed by atoms with Gasteiger partial charge in [-0.1, -0.05) is 6.92 Å². The number of nitrogens with one attached hydrogen (secondary N) is 1. The Bertz CT molecular complexity index is 153. The van der Waals surface area contributed by atoms with Gasteiger partial charge in [0.05, 0.1) is 6.07 Å². The molecule has 1 aliphatic rings. The van der Waals surface area contributed by atoms with Gasteiger partial charge in [0.2, 0.25) is 0 Å². The van der Waals surface area contributed by atoms with Crippen LogP contribution in [-0.2, 0) is 0 Å². The number of nitriles is 1. The van der Waals surface area contributed by atoms with Crippen LogP contribution in [0.4, 0.5) is 0 Å². The van der Waals surface area contributed by atoms with Gasteiger partial charge in [-0.25, -0.2) is 0 Å². The average molecular weight is 170 g/mol. The average Bonchev–Trinajstić information content (AvgIpc) is 2.37. The van der Waals surface area contributed by atoms with Gasteiger partial charge in [0.15, 0.2) is 0 Å². The molecule has 0 radical (unpaired) electrons. The second-order valence-electron chi connectivity index (χ2n) is 2.94. The van der Waals surface area contributed by atoms with E-state index < -0.39 is 0 Å². The van der Waals surface area contributed by atoms with Crippen LogP contribution in [0.3, 0.4) is 0 Å². The van der Waals surface area contributed by atoms with E-state index in [-0.39, 0.29) is 0 Å². The predicted octanol–water partition coefficient (Wildman–Crippen LogP) is 1.38. The van der Waals surface area contributed by atoms with Crippen molar-refractivity contribution in [2.75, 3.05) is 12.3 Å². The fourth-order valence-corrected chi connectivity index (χ4v) is 2.47. The summed E-state index contributed by atoms with van der Waals surface area (Å²) in [5, 5.41) is 12.5. The zero-order chi connectivity index (χ0) is 8.10. The van der Waals surface area contributed by atoms with Gasteiger partial charge in [0.25, 0.3) is 0 Å². The van der Waals surface area contributed by atoms with Crippen LogP contribution < -0.4 is 5.32 Å². The summed E-state index contributed by atoms with van der Waals surface area (Å²) in [4.78, 5) is 0. The van der Waals surface area contributed by atoms with Crippen LogP contribution in [0, 0.1) is 11.3 Å². The molecule has 1 saturated heterocycles. The van der Waals surface area contributed by atoms with Crippen molar-refractivity contribution < 1.29 is 0 Å². The summed E-state index contributed by atoms with van der Waals surface area (Å²) in [5.41, 5.74) is 0. The number of thioether (sulfide) groups is 1. The Labute approximate surface area is 72.4 Å². The van der Waals surface area contributed by atoms with Gasteiger partial charge in [-0.15, -0.1) is 0 Å². The first-order valence-electron chi connectivity index (χ1n) is 4.05. The molecular formula is C8H14N2S. The van der Waals surface area contributed by atoms with Gasteiger partial charge in [-0.05, 0) is 6.42 Å². The van der Waals surface area contributed by atoms with Crippen LogP contribution in [0.2, 0.25) is 0 Å². The summed E-state index contributed by atoms with van der Waals surface area (Å²) < 4.78 is 0. The molecule has 1 heterocycles. The lowest BCUT2D eigenvalue weighted by atomic mass is 10.2. The molecule has 1 fully saturated rings. The van der Waals surface area contributed by atoms with Crippen LogP contribution in [0.5, 0.6) is 0 Å². The fourth-order valence-electron chi connectivity index (χ4n) is 1.29. The molecule has 0 aromatic heterocycles. The van der Waals surface area contributed by atoms with Crippen LogP contribution in [0.15, 0.2) is 0 Å². The van der Waals surface area contributed by atoms with Gasteiger partial charge in [-0.3, -0.25) is 0 Å². The van der Waals surface area contributed by atoms with E-state index in [9.17, 15) is 0 Å². The van der Waals surface area contributed by atoms with Crippen LogP contribution in [-0.4, -0.2) is 23.6 Å². The highest BCUT2D eigenvalue weighted by Crippen LogP contribution is 2.25. The third-order valence-corrected chi connectivity index (χ3v) is 3.22. The zero-order valence-corrected chi connectivity index (χ0v) is 7.66. The molecule has 11 heavy (non-hydrogen) atoms. The number of hydrogen-bond acceptors (Lipinski definition) is 3. The SMILES string of the molecule is CC1CC(NCCC#N)CS1. The summed E-state index contributed by atoms with van der Waals surface area (Å²) >= 11 is 2.02. The van der Waals surface area contributed by atoms with Gasteiger partial charge < -0.3 is 5.32 Å². The van der Waals surface area contributed by atoms with E-state index >= 15 is 0 Å². The lowest BCUT2D eigenvalue weighted by Crippen LogP contribution is -2.29.